The molecule has 4 bridgehead atoms. The molecule has 5 fully saturated rings. The van der Waals surface area contributed by atoms with Crippen LogP contribution in [0.3, 0.4) is 0 Å². The number of hydrogen-bond acceptors (Lipinski definition) is 8. The van der Waals surface area contributed by atoms with E-state index in [1.165, 1.54) is 31.9 Å². The molecule has 0 radical (unpaired) electrons. The van der Waals surface area contributed by atoms with Crippen LogP contribution >= 0.6 is 12.2 Å². The zero-order chi connectivity index (χ0) is 21.3. The van der Waals surface area contributed by atoms with Crippen molar-refractivity contribution in [3.8, 4) is 0 Å². The van der Waals surface area contributed by atoms with Crippen molar-refractivity contribution < 1.29 is 24.5 Å². The molecule has 0 amide bonds. The van der Waals surface area contributed by atoms with Crippen LogP contribution in [0.1, 0.15) is 44.8 Å². The molecule has 166 valence electrons. The molecule has 0 aromatic carbocycles. The van der Waals surface area contributed by atoms with Crippen LogP contribution in [-0.4, -0.2) is 60.6 Å². The highest BCUT2D eigenvalue weighted by molar-refractivity contribution is 7.71. The summed E-state index contributed by atoms with van der Waals surface area (Å²) in [6.45, 7) is -0.0838. The van der Waals surface area contributed by atoms with E-state index in [0.717, 1.165) is 19.3 Å². The summed E-state index contributed by atoms with van der Waals surface area (Å²) in [5, 5.41) is 21.2. The summed E-state index contributed by atoms with van der Waals surface area (Å²) in [5.74, 6) is 1.78. The Kier molecular flexibility index (Phi) is 4.51. The fourth-order valence-corrected chi connectivity index (χ4v) is 7.04. The average molecular weight is 447 g/mol. The van der Waals surface area contributed by atoms with E-state index in [1.807, 2.05) is 0 Å². The lowest BCUT2D eigenvalue weighted by molar-refractivity contribution is -0.176. The molecule has 1 aliphatic heterocycles. The normalized spacial score (nSPS) is 41.2. The maximum Gasteiger partial charge on any atom is 0.312 e. The topological polar surface area (TPSA) is 122 Å². The summed E-state index contributed by atoms with van der Waals surface area (Å²) < 4.78 is 13.5. The summed E-state index contributed by atoms with van der Waals surface area (Å²) in [5.41, 5.74) is 0.667. The largest absolute Gasteiger partial charge is 0.462 e. The number of imidazole rings is 1. The lowest BCUT2D eigenvalue weighted by Crippen LogP contribution is -2.51. The number of fused-ring (bicyclic) bond motifs is 1. The van der Waals surface area contributed by atoms with Crippen LogP contribution in [0.4, 0.5) is 0 Å². The lowest BCUT2D eigenvalue weighted by Gasteiger charge is -2.55. The van der Waals surface area contributed by atoms with Crippen molar-refractivity contribution in [3.63, 3.8) is 0 Å². The highest BCUT2D eigenvalue weighted by atomic mass is 32.1. The summed E-state index contributed by atoms with van der Waals surface area (Å²) in [7, 11) is 0. The number of nitrogens with zero attached hydrogens (tertiary/aromatic N) is 3. The second kappa shape index (κ2) is 7.06. The van der Waals surface area contributed by atoms with Gasteiger partial charge in [0.1, 0.15) is 36.1 Å². The first-order chi connectivity index (χ1) is 14.9. The zero-order valence-corrected chi connectivity index (χ0v) is 17.8. The molecular formula is C21H26N4O5S. The molecule has 10 heteroatoms. The van der Waals surface area contributed by atoms with Crippen LogP contribution in [-0.2, 0) is 14.3 Å². The number of carbonyl (C=O) groups excluding carboxylic acids is 1. The van der Waals surface area contributed by atoms with Gasteiger partial charge >= 0.3 is 5.97 Å². The van der Waals surface area contributed by atoms with E-state index in [9.17, 15) is 15.0 Å². The van der Waals surface area contributed by atoms with Gasteiger partial charge in [0.05, 0.1) is 18.1 Å². The molecule has 4 unspecified atom stereocenters. The maximum absolute atomic E-state index is 13.1. The van der Waals surface area contributed by atoms with Crippen molar-refractivity contribution in [2.24, 2.45) is 23.2 Å². The molecule has 7 rings (SSSR count). The third kappa shape index (κ3) is 3.06. The Labute approximate surface area is 183 Å². The molecule has 3 N–H and O–H groups in total. The van der Waals surface area contributed by atoms with E-state index >= 15 is 0 Å². The van der Waals surface area contributed by atoms with Crippen LogP contribution in [0.2, 0.25) is 0 Å². The molecule has 2 aromatic rings. The highest BCUT2D eigenvalue weighted by Gasteiger charge is 2.56. The summed E-state index contributed by atoms with van der Waals surface area (Å²) in [6, 6.07) is 0. The predicted octanol–water partition coefficient (Wildman–Crippen LogP) is 1.87. The third-order valence-electron chi connectivity index (χ3n) is 7.84. The number of esters is 1. The lowest BCUT2D eigenvalue weighted by atomic mass is 9.49. The van der Waals surface area contributed by atoms with Gasteiger partial charge in [0.2, 0.25) is 0 Å². The van der Waals surface area contributed by atoms with Gasteiger partial charge in [-0.15, -0.1) is 0 Å². The Morgan fingerprint density at radius 2 is 1.87 bits per heavy atom. The van der Waals surface area contributed by atoms with Gasteiger partial charge in [-0.3, -0.25) is 9.36 Å². The number of aliphatic hydroxyl groups excluding tert-OH is 2. The van der Waals surface area contributed by atoms with Crippen LogP contribution in [0, 0.1) is 27.8 Å². The molecule has 4 saturated carbocycles. The number of nitrogens with one attached hydrogen (secondary N) is 1. The fraction of sp³-hybridized carbons (Fsp3) is 0.714. The maximum atomic E-state index is 13.1. The summed E-state index contributed by atoms with van der Waals surface area (Å²) in [6.07, 6.45) is 5.38. The van der Waals surface area contributed by atoms with Crippen molar-refractivity contribution in [2.75, 3.05) is 6.61 Å². The van der Waals surface area contributed by atoms with Crippen molar-refractivity contribution in [2.45, 2.75) is 63.1 Å². The first kappa shape index (κ1) is 19.8. The molecule has 4 aliphatic carbocycles. The van der Waals surface area contributed by atoms with E-state index in [2.05, 4.69) is 15.0 Å². The minimum absolute atomic E-state index is 0.0838. The molecule has 31 heavy (non-hydrogen) atoms. The van der Waals surface area contributed by atoms with Gasteiger partial charge in [0.25, 0.3) is 0 Å². The predicted molar refractivity (Wildman–Crippen MR) is 110 cm³/mol. The quantitative estimate of drug-likeness (QED) is 0.481. The minimum atomic E-state index is -1.20. The standard InChI is InChI=1S/C21H26N4O5S/c26-15-13(7-29-20(28)21-4-10-1-11(5-21)3-12(2-10)6-21)30-19(16(15)27)25-9-24-14-17(25)22-8-23-18(14)31/h8-13,15-16,19,26-27H,1-7H2,(H,22,23,31). The first-order valence-corrected chi connectivity index (χ1v) is 11.4. The second-order valence-corrected chi connectivity index (χ2v) is 10.3. The van der Waals surface area contributed by atoms with E-state index in [1.54, 1.807) is 4.57 Å². The molecule has 3 heterocycles. The SMILES string of the molecule is O=C(OCC1OC(n2cnc3c(=S)nc[nH]c32)C(O)C1O)C12CC3CC(CC(C3)C1)C2. The number of aromatic nitrogens is 4. The van der Waals surface area contributed by atoms with Crippen LogP contribution < -0.4 is 0 Å². The Bertz CT molecular complexity index is 1050. The van der Waals surface area contributed by atoms with Crippen LogP contribution in [0.25, 0.3) is 11.2 Å². The Morgan fingerprint density at radius 1 is 1.19 bits per heavy atom. The molecular weight excluding hydrogens is 420 g/mol. The van der Waals surface area contributed by atoms with Gasteiger partial charge in [-0.1, -0.05) is 12.2 Å². The smallest absolute Gasteiger partial charge is 0.312 e. The first-order valence-electron chi connectivity index (χ1n) is 11.0. The highest BCUT2D eigenvalue weighted by Crippen LogP contribution is 2.60. The number of H-pyrrole nitrogens is 1. The number of ether oxygens (including phenoxy) is 2. The Morgan fingerprint density at radius 3 is 2.55 bits per heavy atom. The number of aliphatic hydroxyl groups is 2. The average Bonchev–Trinajstić information content (AvgIpc) is 3.28. The van der Waals surface area contributed by atoms with Crippen molar-refractivity contribution >= 4 is 29.4 Å². The number of hydrogen-bond donors (Lipinski definition) is 3. The summed E-state index contributed by atoms with van der Waals surface area (Å²) in [4.78, 5) is 24.3. The molecule has 9 nitrogen and oxygen atoms in total. The molecule has 5 aliphatic rings. The minimum Gasteiger partial charge on any atom is -0.462 e. The third-order valence-corrected chi connectivity index (χ3v) is 8.14. The molecule has 0 spiro atoms. The van der Waals surface area contributed by atoms with Gasteiger partial charge in [0, 0.05) is 0 Å². The zero-order valence-electron chi connectivity index (χ0n) is 17.0. The van der Waals surface area contributed by atoms with Gasteiger partial charge in [-0.25, -0.2) is 9.97 Å². The Balaban J connectivity index is 1.16. The number of carbonyl (C=O) groups is 1. The number of aromatic amines is 1. The van der Waals surface area contributed by atoms with Gasteiger partial charge in [-0.2, -0.15) is 0 Å². The molecule has 1 saturated heterocycles. The van der Waals surface area contributed by atoms with Gasteiger partial charge < -0.3 is 24.7 Å². The monoisotopic (exact) mass is 446 g/mol. The summed E-state index contributed by atoms with van der Waals surface area (Å²) >= 11 is 5.18. The Hall–Kier alpha value is -1.88. The second-order valence-electron chi connectivity index (χ2n) is 9.90. The van der Waals surface area contributed by atoms with Crippen LogP contribution in [0.15, 0.2) is 12.7 Å². The van der Waals surface area contributed by atoms with Crippen molar-refractivity contribution in [1.29, 1.82) is 0 Å². The van der Waals surface area contributed by atoms with E-state index in [-0.39, 0.29) is 18.0 Å². The van der Waals surface area contributed by atoms with Gasteiger partial charge in [-0.05, 0) is 56.3 Å². The molecule has 2 aromatic heterocycles. The van der Waals surface area contributed by atoms with Crippen molar-refractivity contribution in [1.82, 2.24) is 19.5 Å². The number of rotatable bonds is 4. The van der Waals surface area contributed by atoms with Crippen molar-refractivity contribution in [3.05, 3.63) is 17.3 Å². The van der Waals surface area contributed by atoms with E-state index < -0.39 is 24.5 Å². The van der Waals surface area contributed by atoms with E-state index in [4.69, 9.17) is 21.7 Å². The van der Waals surface area contributed by atoms with E-state index in [0.29, 0.717) is 33.6 Å². The van der Waals surface area contributed by atoms with Crippen LogP contribution in [0.5, 0.6) is 0 Å². The molecule has 4 atom stereocenters. The van der Waals surface area contributed by atoms with Gasteiger partial charge in [0.15, 0.2) is 10.9 Å². The fourth-order valence-electron chi connectivity index (χ4n) is 6.83.